The summed E-state index contributed by atoms with van der Waals surface area (Å²) in [4.78, 5) is 12.6. The van der Waals surface area contributed by atoms with Crippen LogP contribution >= 0.6 is 11.6 Å². The number of sulfone groups is 1. The summed E-state index contributed by atoms with van der Waals surface area (Å²) in [6.07, 6.45) is 1.43. The first-order chi connectivity index (χ1) is 20.0. The molecular weight excluding hydrogens is 593 g/mol. The zero-order valence-electron chi connectivity index (χ0n) is 21.9. The van der Waals surface area contributed by atoms with Gasteiger partial charge in [-0.1, -0.05) is 47.1 Å². The van der Waals surface area contributed by atoms with Crippen LogP contribution in [0.25, 0.3) is 11.3 Å². The highest BCUT2D eigenvalue weighted by atomic mass is 35.5. The molecule has 1 heterocycles. The van der Waals surface area contributed by atoms with E-state index in [0.717, 1.165) is 11.6 Å². The summed E-state index contributed by atoms with van der Waals surface area (Å²) in [5.74, 6) is -5.84. The van der Waals surface area contributed by atoms with Crippen LogP contribution in [0.3, 0.4) is 0 Å². The maximum atomic E-state index is 14.0. The van der Waals surface area contributed by atoms with Crippen LogP contribution < -0.4 is 5.32 Å². The molecular formula is C30H24ClF3N2O5S. The molecule has 0 aliphatic heterocycles. The Kier molecular flexibility index (Phi) is 7.15. The summed E-state index contributed by atoms with van der Waals surface area (Å²) in [7, 11) is -4.08. The van der Waals surface area contributed by atoms with Gasteiger partial charge >= 0.3 is 0 Å². The molecule has 2 fully saturated rings. The Labute approximate surface area is 244 Å². The van der Waals surface area contributed by atoms with Crippen molar-refractivity contribution in [2.45, 2.75) is 41.4 Å². The van der Waals surface area contributed by atoms with E-state index in [1.54, 1.807) is 6.07 Å². The van der Waals surface area contributed by atoms with Crippen LogP contribution in [0.15, 0.2) is 76.1 Å². The third-order valence-electron chi connectivity index (χ3n) is 8.18. The second-order valence-corrected chi connectivity index (χ2v) is 13.3. The fourth-order valence-electron chi connectivity index (χ4n) is 6.32. The van der Waals surface area contributed by atoms with E-state index in [9.17, 15) is 31.5 Å². The molecule has 2 aliphatic carbocycles. The lowest BCUT2D eigenvalue weighted by Gasteiger charge is -2.39. The molecule has 6 rings (SSSR count). The molecule has 2 bridgehead atoms. The second kappa shape index (κ2) is 10.6. The van der Waals surface area contributed by atoms with Gasteiger partial charge in [0.2, 0.25) is 0 Å². The summed E-state index contributed by atoms with van der Waals surface area (Å²) in [5, 5.41) is 17.1. The van der Waals surface area contributed by atoms with Gasteiger partial charge in [0, 0.05) is 35.0 Å². The molecule has 2 N–H and O–H groups in total. The van der Waals surface area contributed by atoms with Crippen molar-refractivity contribution >= 4 is 33.0 Å². The highest BCUT2D eigenvalue weighted by Crippen LogP contribution is 2.54. The Morgan fingerprint density at radius 2 is 1.62 bits per heavy atom. The average molecular weight is 617 g/mol. The third kappa shape index (κ3) is 4.99. The van der Waals surface area contributed by atoms with E-state index in [1.807, 2.05) is 30.3 Å². The zero-order chi connectivity index (χ0) is 29.8. The van der Waals surface area contributed by atoms with E-state index in [2.05, 4.69) is 10.5 Å². The second-order valence-electron chi connectivity index (χ2n) is 10.8. The van der Waals surface area contributed by atoms with Gasteiger partial charge in [-0.25, -0.2) is 21.6 Å². The van der Waals surface area contributed by atoms with E-state index in [1.165, 1.54) is 12.1 Å². The fraction of sp³-hybridized carbons (Fsp3) is 0.267. The number of carbonyl (C=O) groups is 1. The molecule has 2 saturated carbocycles. The van der Waals surface area contributed by atoms with Gasteiger partial charge in [-0.05, 0) is 55.7 Å². The predicted octanol–water partition coefficient (Wildman–Crippen LogP) is 6.51. The molecule has 3 aromatic carbocycles. The lowest BCUT2D eigenvalue weighted by atomic mass is 9.75. The molecule has 0 radical (unpaired) electrons. The van der Waals surface area contributed by atoms with Crippen molar-refractivity contribution in [3.63, 3.8) is 0 Å². The number of rotatable bonds is 6. The van der Waals surface area contributed by atoms with Gasteiger partial charge < -0.3 is 14.9 Å². The number of aromatic nitrogens is 1. The largest absolute Gasteiger partial charge is 0.383 e. The van der Waals surface area contributed by atoms with Gasteiger partial charge in [0.15, 0.2) is 33.0 Å². The predicted molar refractivity (Wildman–Crippen MR) is 148 cm³/mol. The Morgan fingerprint density at radius 1 is 0.976 bits per heavy atom. The van der Waals surface area contributed by atoms with Crippen molar-refractivity contribution in [2.24, 2.45) is 11.8 Å². The first kappa shape index (κ1) is 28.4. The molecule has 1 amide bonds. The number of hydrogen-bond donors (Lipinski definition) is 2. The van der Waals surface area contributed by atoms with Gasteiger partial charge in [0.05, 0.1) is 15.2 Å². The van der Waals surface area contributed by atoms with Crippen LogP contribution in [0.5, 0.6) is 0 Å². The molecule has 1 aromatic heterocycles. The minimum atomic E-state index is -4.08. The highest BCUT2D eigenvalue weighted by Gasteiger charge is 2.55. The van der Waals surface area contributed by atoms with Crippen LogP contribution in [0.2, 0.25) is 5.02 Å². The average Bonchev–Trinajstić information content (AvgIpc) is 3.57. The van der Waals surface area contributed by atoms with Gasteiger partial charge in [-0.3, -0.25) is 4.79 Å². The van der Waals surface area contributed by atoms with Crippen LogP contribution in [0.4, 0.5) is 18.9 Å². The molecule has 4 aromatic rings. The van der Waals surface area contributed by atoms with Gasteiger partial charge in [-0.15, -0.1) is 0 Å². The highest BCUT2D eigenvalue weighted by molar-refractivity contribution is 7.92. The van der Waals surface area contributed by atoms with Crippen LogP contribution in [0, 0.1) is 29.3 Å². The number of fused-ring (bicyclic) bond motifs is 2. The molecule has 12 heteroatoms. The summed E-state index contributed by atoms with van der Waals surface area (Å²) in [6, 6.07) is 15.9. The number of hydrogen-bond acceptors (Lipinski definition) is 6. The molecule has 7 nitrogen and oxygen atoms in total. The number of benzene rings is 3. The van der Waals surface area contributed by atoms with Crippen molar-refractivity contribution in [2.75, 3.05) is 5.32 Å². The smallest absolute Gasteiger partial charge is 0.255 e. The number of carbonyl (C=O) groups excluding carboxylic acids is 1. The summed E-state index contributed by atoms with van der Waals surface area (Å²) in [5.41, 5.74) is -0.700. The topological polar surface area (TPSA) is 110 Å². The monoisotopic (exact) mass is 616 g/mol. The zero-order valence-corrected chi connectivity index (χ0v) is 23.4. The molecule has 0 spiro atoms. The SMILES string of the molecule is O=C(Nc1cc(F)c(F)c(F)c1)c1ccc(Cl)c(S(=O)(=O)[C@H]2C3CCC2C[C@](O)(c2cc(-c4ccccc4)on2)C3)c1. The van der Waals surface area contributed by atoms with Gasteiger partial charge in [0.1, 0.15) is 11.3 Å². The van der Waals surface area contributed by atoms with Crippen LogP contribution in [-0.4, -0.2) is 29.8 Å². The van der Waals surface area contributed by atoms with Crippen molar-refractivity contribution in [1.82, 2.24) is 5.16 Å². The summed E-state index contributed by atoms with van der Waals surface area (Å²) < 4.78 is 74.0. The number of aliphatic hydroxyl groups is 1. The van der Waals surface area contributed by atoms with Crippen molar-refractivity contribution in [3.05, 3.63) is 100 Å². The molecule has 2 aliphatic rings. The molecule has 0 saturated heterocycles. The molecule has 2 atom stereocenters. The Morgan fingerprint density at radius 3 is 2.26 bits per heavy atom. The van der Waals surface area contributed by atoms with Crippen LogP contribution in [0.1, 0.15) is 41.7 Å². The van der Waals surface area contributed by atoms with Crippen molar-refractivity contribution < 1.29 is 36.0 Å². The lowest BCUT2D eigenvalue weighted by molar-refractivity contribution is -0.0298. The van der Waals surface area contributed by atoms with E-state index >= 15 is 0 Å². The number of nitrogens with zero attached hydrogens (tertiary/aromatic N) is 1. The van der Waals surface area contributed by atoms with E-state index in [0.29, 0.717) is 36.4 Å². The normalized spacial score (nSPS) is 23.6. The maximum Gasteiger partial charge on any atom is 0.255 e. The van der Waals surface area contributed by atoms with Gasteiger partial charge in [0.25, 0.3) is 5.91 Å². The van der Waals surface area contributed by atoms with Crippen molar-refractivity contribution in [1.29, 1.82) is 0 Å². The molecule has 2 unspecified atom stereocenters. The number of amides is 1. The summed E-state index contributed by atoms with van der Waals surface area (Å²) in [6.45, 7) is 0. The number of anilines is 1. The number of halogens is 4. The molecule has 42 heavy (non-hydrogen) atoms. The minimum Gasteiger partial charge on any atom is -0.383 e. The Balaban J connectivity index is 1.25. The van der Waals surface area contributed by atoms with E-state index in [-0.39, 0.29) is 34.0 Å². The van der Waals surface area contributed by atoms with Gasteiger partial charge in [-0.2, -0.15) is 0 Å². The minimum absolute atomic E-state index is 0.0883. The Bertz CT molecular complexity index is 1760. The fourth-order valence-corrected chi connectivity index (χ4v) is 9.16. The van der Waals surface area contributed by atoms with E-state index in [4.69, 9.17) is 16.1 Å². The standard InChI is InChI=1S/C30H24ClF3N2O5S/c31-21-9-8-17(29(37)35-20-11-22(32)27(34)23(33)12-20)10-25(21)42(39,40)28-18-6-7-19(28)15-30(38,14-18)26-13-24(41-36-26)16-4-2-1-3-5-16/h1-5,8-13,18-19,28,38H,6-7,14-15H2,(H,35,37)/t18?,19?,28-,30-. The lowest BCUT2D eigenvalue weighted by Crippen LogP contribution is -2.44. The maximum absolute atomic E-state index is 14.0. The third-order valence-corrected chi connectivity index (χ3v) is 11.1. The van der Waals surface area contributed by atoms with E-state index < -0.39 is 55.9 Å². The Hall–Kier alpha value is -3.67. The summed E-state index contributed by atoms with van der Waals surface area (Å²) >= 11 is 6.33. The van der Waals surface area contributed by atoms with Crippen LogP contribution in [-0.2, 0) is 15.4 Å². The first-order valence-corrected chi connectivity index (χ1v) is 15.1. The van der Waals surface area contributed by atoms with Crippen molar-refractivity contribution in [3.8, 4) is 11.3 Å². The quantitative estimate of drug-likeness (QED) is 0.239. The first-order valence-electron chi connectivity index (χ1n) is 13.2. The molecule has 218 valence electrons. The number of nitrogens with one attached hydrogen (secondary N) is 1.